The van der Waals surface area contributed by atoms with Gasteiger partial charge in [-0.2, -0.15) is 15.0 Å². The molecule has 0 aromatic carbocycles. The second-order valence-corrected chi connectivity index (χ2v) is 5.91. The van der Waals surface area contributed by atoms with Crippen LogP contribution in [0.3, 0.4) is 0 Å². The topological polar surface area (TPSA) is 45.2 Å². The molecule has 0 spiro atoms. The number of nitrogens with zero attached hydrogens (tertiary/aromatic N) is 5. The van der Waals surface area contributed by atoms with Gasteiger partial charge in [0.05, 0.1) is 0 Å². The first-order chi connectivity index (χ1) is 9.22. The summed E-state index contributed by atoms with van der Waals surface area (Å²) in [4.78, 5) is 17.4. The van der Waals surface area contributed by atoms with Gasteiger partial charge in [-0.15, -0.1) is 0 Å². The van der Waals surface area contributed by atoms with Crippen LogP contribution in [0.25, 0.3) is 0 Å². The van der Waals surface area contributed by atoms with Crippen molar-refractivity contribution < 1.29 is 0 Å². The van der Waals surface area contributed by atoms with Crippen molar-refractivity contribution >= 4 is 23.5 Å². The zero-order chi connectivity index (χ0) is 13.2. The molecule has 1 aliphatic heterocycles. The number of piperidine rings is 1. The van der Waals surface area contributed by atoms with Gasteiger partial charge in [-0.3, -0.25) is 0 Å². The maximum Gasteiger partial charge on any atom is 0.231 e. The lowest BCUT2D eigenvalue weighted by molar-refractivity contribution is 0.567. The lowest BCUT2D eigenvalue weighted by atomic mass is 10.1. The summed E-state index contributed by atoms with van der Waals surface area (Å²) in [5.41, 5.74) is 0. The van der Waals surface area contributed by atoms with E-state index in [-0.39, 0.29) is 0 Å². The van der Waals surface area contributed by atoms with Gasteiger partial charge in [-0.05, 0) is 49.6 Å². The smallest absolute Gasteiger partial charge is 0.231 e. The van der Waals surface area contributed by atoms with E-state index in [9.17, 15) is 0 Å². The highest BCUT2D eigenvalue weighted by Crippen LogP contribution is 2.30. The highest BCUT2D eigenvalue weighted by molar-refractivity contribution is 6.28. The van der Waals surface area contributed by atoms with Gasteiger partial charge >= 0.3 is 0 Å². The number of rotatable bonds is 4. The molecule has 0 radical (unpaired) electrons. The van der Waals surface area contributed by atoms with Crippen molar-refractivity contribution in [1.82, 2.24) is 15.0 Å². The van der Waals surface area contributed by atoms with Gasteiger partial charge in [0.25, 0.3) is 0 Å². The Morgan fingerprint density at radius 1 is 1.16 bits per heavy atom. The number of hydrogen-bond acceptors (Lipinski definition) is 5. The van der Waals surface area contributed by atoms with Crippen LogP contribution in [0.15, 0.2) is 0 Å². The Balaban J connectivity index is 1.77. The van der Waals surface area contributed by atoms with Crippen LogP contribution in [0.2, 0.25) is 5.28 Å². The summed E-state index contributed by atoms with van der Waals surface area (Å²) < 4.78 is 0. The number of hydrogen-bond donors (Lipinski definition) is 0. The van der Waals surface area contributed by atoms with Crippen LogP contribution in [0.1, 0.15) is 32.1 Å². The van der Waals surface area contributed by atoms with Crippen LogP contribution in [-0.4, -0.2) is 41.6 Å². The third-order valence-electron chi connectivity index (χ3n) is 3.79. The third-order valence-corrected chi connectivity index (χ3v) is 3.96. The second kappa shape index (κ2) is 5.49. The van der Waals surface area contributed by atoms with Crippen LogP contribution >= 0.6 is 11.6 Å². The first-order valence-corrected chi connectivity index (χ1v) is 7.48. The second-order valence-electron chi connectivity index (χ2n) is 5.58. The lowest BCUT2D eigenvalue weighted by Gasteiger charge is -2.27. The Labute approximate surface area is 119 Å². The zero-order valence-corrected chi connectivity index (χ0v) is 12.1. The number of aromatic nitrogens is 3. The molecule has 1 aliphatic carbocycles. The zero-order valence-electron chi connectivity index (χ0n) is 11.3. The van der Waals surface area contributed by atoms with Gasteiger partial charge in [0.15, 0.2) is 0 Å². The monoisotopic (exact) mass is 281 g/mol. The summed E-state index contributed by atoms with van der Waals surface area (Å²) in [6.07, 6.45) is 6.35. The molecular weight excluding hydrogens is 262 g/mol. The van der Waals surface area contributed by atoms with Gasteiger partial charge in [-0.1, -0.05) is 0 Å². The molecule has 104 valence electrons. The molecule has 2 fully saturated rings. The quantitative estimate of drug-likeness (QED) is 0.848. The molecule has 0 amide bonds. The van der Waals surface area contributed by atoms with E-state index in [1.807, 2.05) is 7.05 Å². The van der Waals surface area contributed by atoms with Gasteiger partial charge < -0.3 is 9.80 Å². The van der Waals surface area contributed by atoms with Crippen LogP contribution in [0, 0.1) is 5.92 Å². The molecule has 0 unspecified atom stereocenters. The largest absolute Gasteiger partial charge is 0.343 e. The highest BCUT2D eigenvalue weighted by Gasteiger charge is 2.24. The van der Waals surface area contributed by atoms with E-state index in [1.54, 1.807) is 0 Å². The van der Waals surface area contributed by atoms with E-state index in [0.717, 1.165) is 31.5 Å². The number of anilines is 2. The molecule has 0 N–H and O–H groups in total. The molecule has 2 aliphatic rings. The molecule has 2 heterocycles. The third kappa shape index (κ3) is 3.26. The Bertz CT molecular complexity index is 443. The summed E-state index contributed by atoms with van der Waals surface area (Å²) in [6, 6.07) is 0. The maximum atomic E-state index is 6.05. The molecule has 19 heavy (non-hydrogen) atoms. The minimum Gasteiger partial charge on any atom is -0.343 e. The van der Waals surface area contributed by atoms with Crippen molar-refractivity contribution in [3.05, 3.63) is 5.28 Å². The standard InChI is InChI=1S/C13H20ClN5/c1-18(9-10-5-6-10)12-15-11(14)16-13(17-12)19-7-3-2-4-8-19/h10H,2-9H2,1H3. The summed E-state index contributed by atoms with van der Waals surface area (Å²) in [5, 5.41) is 0.299. The fourth-order valence-corrected chi connectivity index (χ4v) is 2.66. The van der Waals surface area contributed by atoms with Crippen molar-refractivity contribution in [2.45, 2.75) is 32.1 Å². The van der Waals surface area contributed by atoms with Crippen molar-refractivity contribution in [2.75, 3.05) is 36.5 Å². The molecule has 0 atom stereocenters. The predicted octanol–water partition coefficient (Wildman–Crippen LogP) is 2.36. The molecular formula is C13H20ClN5. The molecule has 1 saturated carbocycles. The fraction of sp³-hybridized carbons (Fsp3) is 0.769. The SMILES string of the molecule is CN(CC1CC1)c1nc(Cl)nc(N2CCCCC2)n1. The molecule has 1 aromatic heterocycles. The van der Waals surface area contributed by atoms with Crippen LogP contribution in [0.5, 0.6) is 0 Å². The molecule has 0 bridgehead atoms. The van der Waals surface area contributed by atoms with E-state index in [2.05, 4.69) is 24.8 Å². The number of halogens is 1. The van der Waals surface area contributed by atoms with Gasteiger partial charge in [0, 0.05) is 26.7 Å². The first kappa shape index (κ1) is 12.9. The van der Waals surface area contributed by atoms with Crippen LogP contribution < -0.4 is 9.80 Å². The summed E-state index contributed by atoms with van der Waals surface area (Å²) in [5.74, 6) is 2.24. The van der Waals surface area contributed by atoms with Gasteiger partial charge in [0.2, 0.25) is 17.2 Å². The van der Waals surface area contributed by atoms with Gasteiger partial charge in [0.1, 0.15) is 0 Å². The van der Waals surface area contributed by atoms with Gasteiger partial charge in [-0.25, -0.2) is 0 Å². The van der Waals surface area contributed by atoms with E-state index >= 15 is 0 Å². The van der Waals surface area contributed by atoms with Crippen LogP contribution in [-0.2, 0) is 0 Å². The molecule has 3 rings (SSSR count). The predicted molar refractivity (Wildman–Crippen MR) is 76.9 cm³/mol. The van der Waals surface area contributed by atoms with Crippen molar-refractivity contribution in [3.8, 4) is 0 Å². The fourth-order valence-electron chi connectivity index (χ4n) is 2.50. The molecule has 1 saturated heterocycles. The molecule has 1 aromatic rings. The van der Waals surface area contributed by atoms with E-state index in [1.165, 1.54) is 32.1 Å². The van der Waals surface area contributed by atoms with Crippen molar-refractivity contribution in [3.63, 3.8) is 0 Å². The van der Waals surface area contributed by atoms with Crippen molar-refractivity contribution in [2.24, 2.45) is 5.92 Å². The summed E-state index contributed by atoms with van der Waals surface area (Å²) >= 11 is 6.05. The van der Waals surface area contributed by atoms with E-state index in [0.29, 0.717) is 11.2 Å². The first-order valence-electron chi connectivity index (χ1n) is 7.10. The van der Waals surface area contributed by atoms with Crippen LogP contribution in [0.4, 0.5) is 11.9 Å². The minimum atomic E-state index is 0.299. The maximum absolute atomic E-state index is 6.05. The Kier molecular flexibility index (Phi) is 3.73. The Morgan fingerprint density at radius 2 is 1.89 bits per heavy atom. The molecule has 6 heteroatoms. The normalized spacial score (nSPS) is 19.6. The van der Waals surface area contributed by atoms with E-state index in [4.69, 9.17) is 11.6 Å². The summed E-state index contributed by atoms with van der Waals surface area (Å²) in [7, 11) is 2.03. The summed E-state index contributed by atoms with van der Waals surface area (Å²) in [6.45, 7) is 3.05. The average Bonchev–Trinajstić information content (AvgIpc) is 3.23. The minimum absolute atomic E-state index is 0.299. The van der Waals surface area contributed by atoms with Crippen molar-refractivity contribution in [1.29, 1.82) is 0 Å². The lowest BCUT2D eigenvalue weighted by Crippen LogP contribution is -2.32. The highest BCUT2D eigenvalue weighted by atomic mass is 35.5. The Morgan fingerprint density at radius 3 is 2.58 bits per heavy atom. The molecule has 5 nitrogen and oxygen atoms in total. The van der Waals surface area contributed by atoms with E-state index < -0.39 is 0 Å². The average molecular weight is 282 g/mol. The Hall–Kier alpha value is -1.10.